The van der Waals surface area contributed by atoms with Gasteiger partial charge in [-0.3, -0.25) is 10.1 Å². The first-order valence-electron chi connectivity index (χ1n) is 8.27. The normalized spacial score (nSPS) is 11.4. The molecule has 27 heavy (non-hydrogen) atoms. The highest BCUT2D eigenvalue weighted by atomic mass is 19.1. The number of nitro benzene ring substituents is 1. The van der Waals surface area contributed by atoms with Gasteiger partial charge in [-0.2, -0.15) is 0 Å². The standard InChI is InChI=1S/C18H21FN4O4/c1-12(13-3-8-17(27-2)16(19)11-13)22-18(24)21-10-9-20-14-4-6-15(7-5-14)23(25)26/h3-8,11-12,20H,9-10H2,1-2H3,(H2,21,22,24). The Morgan fingerprint density at radius 2 is 1.93 bits per heavy atom. The van der Waals surface area contributed by atoms with Gasteiger partial charge in [-0.1, -0.05) is 6.07 Å². The van der Waals surface area contributed by atoms with Gasteiger partial charge in [0.1, 0.15) is 0 Å². The first-order chi connectivity index (χ1) is 12.9. The molecule has 0 heterocycles. The molecule has 2 amide bonds. The molecule has 1 atom stereocenters. The lowest BCUT2D eigenvalue weighted by Gasteiger charge is -2.16. The maximum absolute atomic E-state index is 13.7. The van der Waals surface area contributed by atoms with Crippen LogP contribution in [0.5, 0.6) is 5.75 Å². The molecule has 0 bridgehead atoms. The number of amides is 2. The number of methoxy groups -OCH3 is 1. The molecule has 0 fully saturated rings. The fourth-order valence-electron chi connectivity index (χ4n) is 2.37. The third kappa shape index (κ3) is 5.84. The largest absolute Gasteiger partial charge is 0.494 e. The monoisotopic (exact) mass is 376 g/mol. The van der Waals surface area contributed by atoms with Gasteiger partial charge in [-0.15, -0.1) is 0 Å². The van der Waals surface area contributed by atoms with Crippen LogP contribution in [0.25, 0.3) is 0 Å². The van der Waals surface area contributed by atoms with Crippen LogP contribution in [0.15, 0.2) is 42.5 Å². The van der Waals surface area contributed by atoms with Gasteiger partial charge in [0.05, 0.1) is 18.1 Å². The molecule has 3 N–H and O–H groups in total. The van der Waals surface area contributed by atoms with E-state index < -0.39 is 10.7 Å². The predicted octanol–water partition coefficient (Wildman–Crippen LogP) is 3.21. The van der Waals surface area contributed by atoms with Crippen LogP contribution < -0.4 is 20.7 Å². The number of benzene rings is 2. The summed E-state index contributed by atoms with van der Waals surface area (Å²) in [7, 11) is 1.39. The molecule has 0 radical (unpaired) electrons. The van der Waals surface area contributed by atoms with Crippen LogP contribution in [-0.4, -0.2) is 31.2 Å². The quantitative estimate of drug-likeness (QED) is 0.373. The van der Waals surface area contributed by atoms with Crippen molar-refractivity contribution < 1.29 is 18.8 Å². The Kier molecular flexibility index (Phi) is 6.93. The summed E-state index contributed by atoms with van der Waals surface area (Å²) in [4.78, 5) is 22.0. The number of ether oxygens (including phenoxy) is 1. The number of urea groups is 1. The highest BCUT2D eigenvalue weighted by Crippen LogP contribution is 2.21. The fourth-order valence-corrected chi connectivity index (χ4v) is 2.37. The number of non-ortho nitro benzene ring substituents is 1. The van der Waals surface area contributed by atoms with Crippen LogP contribution in [0.1, 0.15) is 18.5 Å². The van der Waals surface area contributed by atoms with E-state index in [9.17, 15) is 19.3 Å². The van der Waals surface area contributed by atoms with E-state index in [0.717, 1.165) is 0 Å². The summed E-state index contributed by atoms with van der Waals surface area (Å²) in [6.45, 7) is 2.53. The lowest BCUT2D eigenvalue weighted by atomic mass is 10.1. The van der Waals surface area contributed by atoms with Crippen LogP contribution in [0, 0.1) is 15.9 Å². The predicted molar refractivity (Wildman–Crippen MR) is 99.5 cm³/mol. The van der Waals surface area contributed by atoms with E-state index in [-0.39, 0.29) is 23.5 Å². The van der Waals surface area contributed by atoms with Crippen LogP contribution in [0.2, 0.25) is 0 Å². The lowest BCUT2D eigenvalue weighted by Crippen LogP contribution is -2.39. The fraction of sp³-hybridized carbons (Fsp3) is 0.278. The number of carbonyl (C=O) groups is 1. The van der Waals surface area contributed by atoms with Gasteiger partial charge < -0.3 is 20.7 Å². The van der Waals surface area contributed by atoms with E-state index in [2.05, 4.69) is 16.0 Å². The van der Waals surface area contributed by atoms with Crippen molar-refractivity contribution in [1.82, 2.24) is 10.6 Å². The van der Waals surface area contributed by atoms with Gasteiger partial charge in [0.15, 0.2) is 11.6 Å². The maximum atomic E-state index is 13.7. The zero-order valence-electron chi connectivity index (χ0n) is 15.0. The second-order valence-electron chi connectivity index (χ2n) is 5.75. The summed E-state index contributed by atoms with van der Waals surface area (Å²) < 4.78 is 18.6. The van der Waals surface area contributed by atoms with E-state index >= 15 is 0 Å². The average Bonchev–Trinajstić information content (AvgIpc) is 2.65. The number of nitrogens with one attached hydrogen (secondary N) is 3. The van der Waals surface area contributed by atoms with E-state index in [1.165, 1.54) is 31.4 Å². The minimum atomic E-state index is -0.489. The van der Waals surface area contributed by atoms with Gasteiger partial charge in [0.25, 0.3) is 5.69 Å². The lowest BCUT2D eigenvalue weighted by molar-refractivity contribution is -0.384. The van der Waals surface area contributed by atoms with Gasteiger partial charge in [-0.25, -0.2) is 9.18 Å². The summed E-state index contributed by atoms with van der Waals surface area (Å²) in [6, 6.07) is 9.74. The molecule has 0 saturated carbocycles. The number of carbonyl (C=O) groups excluding carboxylic acids is 1. The molecule has 0 aliphatic rings. The summed E-state index contributed by atoms with van der Waals surface area (Å²) in [5.74, 6) is -0.343. The van der Waals surface area contributed by atoms with Crippen molar-refractivity contribution in [3.8, 4) is 5.75 Å². The molecule has 8 nitrogen and oxygen atoms in total. The molecule has 0 aliphatic carbocycles. The first kappa shape index (κ1) is 20.0. The maximum Gasteiger partial charge on any atom is 0.315 e. The molecule has 0 spiro atoms. The third-order valence-electron chi connectivity index (χ3n) is 3.84. The molecule has 9 heteroatoms. The molecule has 0 aliphatic heterocycles. The first-order valence-corrected chi connectivity index (χ1v) is 8.27. The molecular weight excluding hydrogens is 355 g/mol. The summed E-state index contributed by atoms with van der Waals surface area (Å²) >= 11 is 0. The average molecular weight is 376 g/mol. The zero-order chi connectivity index (χ0) is 19.8. The van der Waals surface area contributed by atoms with E-state index in [1.54, 1.807) is 25.1 Å². The van der Waals surface area contributed by atoms with Crippen LogP contribution in [0.3, 0.4) is 0 Å². The number of nitrogens with zero attached hydrogens (tertiary/aromatic N) is 1. The summed E-state index contributed by atoms with van der Waals surface area (Å²) in [5, 5.41) is 19.0. The SMILES string of the molecule is COc1ccc(C(C)NC(=O)NCCNc2ccc([N+](=O)[O-])cc2)cc1F. The summed E-state index contributed by atoms with van der Waals surface area (Å²) in [5.41, 5.74) is 1.35. The third-order valence-corrected chi connectivity index (χ3v) is 3.84. The van der Waals surface area contributed by atoms with Crippen LogP contribution in [-0.2, 0) is 0 Å². The Morgan fingerprint density at radius 1 is 1.22 bits per heavy atom. The van der Waals surface area contributed by atoms with Gasteiger partial charge in [0.2, 0.25) is 0 Å². The van der Waals surface area contributed by atoms with E-state index in [0.29, 0.717) is 24.3 Å². The number of hydrogen-bond donors (Lipinski definition) is 3. The number of anilines is 1. The van der Waals surface area contributed by atoms with E-state index in [1.807, 2.05) is 0 Å². The molecule has 2 rings (SSSR count). The topological polar surface area (TPSA) is 106 Å². The van der Waals surface area contributed by atoms with Crippen molar-refractivity contribution in [3.05, 3.63) is 64.0 Å². The van der Waals surface area contributed by atoms with Crippen molar-refractivity contribution in [3.63, 3.8) is 0 Å². The molecule has 2 aromatic rings. The van der Waals surface area contributed by atoms with Crippen LogP contribution >= 0.6 is 0 Å². The minimum absolute atomic E-state index is 0.0157. The number of halogens is 1. The van der Waals surface area contributed by atoms with Gasteiger partial charge in [0, 0.05) is 30.9 Å². The number of hydrogen-bond acceptors (Lipinski definition) is 5. The minimum Gasteiger partial charge on any atom is -0.494 e. The number of nitro groups is 1. The smallest absolute Gasteiger partial charge is 0.315 e. The molecule has 0 saturated heterocycles. The molecule has 1 unspecified atom stereocenters. The summed E-state index contributed by atoms with van der Waals surface area (Å²) in [6.07, 6.45) is 0. The van der Waals surface area contributed by atoms with Gasteiger partial charge in [-0.05, 0) is 36.8 Å². The highest BCUT2D eigenvalue weighted by Gasteiger charge is 2.12. The number of rotatable bonds is 8. The Hall–Kier alpha value is -3.36. The Morgan fingerprint density at radius 3 is 2.52 bits per heavy atom. The van der Waals surface area contributed by atoms with E-state index in [4.69, 9.17) is 4.74 Å². The molecule has 144 valence electrons. The highest BCUT2D eigenvalue weighted by molar-refractivity contribution is 5.74. The van der Waals surface area contributed by atoms with Crippen molar-refractivity contribution in [2.45, 2.75) is 13.0 Å². The van der Waals surface area contributed by atoms with Crippen molar-refractivity contribution in [2.24, 2.45) is 0 Å². The molecule has 0 aromatic heterocycles. The zero-order valence-corrected chi connectivity index (χ0v) is 15.0. The second kappa shape index (κ2) is 9.37. The van der Waals surface area contributed by atoms with Crippen LogP contribution in [0.4, 0.5) is 20.6 Å². The molecular formula is C18H21FN4O4. The van der Waals surface area contributed by atoms with Crippen molar-refractivity contribution in [2.75, 3.05) is 25.5 Å². The van der Waals surface area contributed by atoms with Gasteiger partial charge >= 0.3 is 6.03 Å². The molecule has 2 aromatic carbocycles. The Labute approximate surface area is 155 Å². The Bertz CT molecular complexity index is 798. The van der Waals surface area contributed by atoms with Crippen molar-refractivity contribution >= 4 is 17.4 Å². The van der Waals surface area contributed by atoms with Crippen molar-refractivity contribution in [1.29, 1.82) is 0 Å². The Balaban J connectivity index is 1.74. The second-order valence-corrected chi connectivity index (χ2v) is 5.75.